The molecule has 0 radical (unpaired) electrons. The maximum absolute atomic E-state index is 14.1. The van der Waals surface area contributed by atoms with Gasteiger partial charge in [-0.15, -0.1) is 0 Å². The van der Waals surface area contributed by atoms with E-state index in [0.717, 1.165) is 0 Å². The largest absolute Gasteiger partial charge is 0.497 e. The fourth-order valence-corrected chi connectivity index (χ4v) is 2.04. The molecule has 0 unspecified atom stereocenters. The van der Waals surface area contributed by atoms with E-state index >= 15 is 0 Å². The predicted octanol–water partition coefficient (Wildman–Crippen LogP) is 2.30. The molecule has 1 aromatic rings. The van der Waals surface area contributed by atoms with Crippen LogP contribution in [0.15, 0.2) is 18.2 Å². The molecule has 1 fully saturated rings. The Hall–Kier alpha value is -1.40. The molecular formula is C15H20BFO4. The summed E-state index contributed by atoms with van der Waals surface area (Å²) in [4.78, 5) is 11.8. The SMILES string of the molecule is CCOC(=O)c1ccc(F)c(B2OC(C)(C)C(C)(C)O2)c1. The zero-order valence-electron chi connectivity index (χ0n) is 13.0. The molecule has 0 bridgehead atoms. The van der Waals surface area contributed by atoms with Crippen LogP contribution in [0.4, 0.5) is 4.39 Å². The van der Waals surface area contributed by atoms with Crippen molar-refractivity contribution in [2.24, 2.45) is 0 Å². The molecule has 0 N–H and O–H groups in total. The molecular weight excluding hydrogens is 274 g/mol. The van der Waals surface area contributed by atoms with E-state index in [1.807, 2.05) is 27.7 Å². The van der Waals surface area contributed by atoms with Crippen molar-refractivity contribution in [3.8, 4) is 0 Å². The van der Waals surface area contributed by atoms with Gasteiger partial charge in [-0.05, 0) is 52.8 Å². The quantitative estimate of drug-likeness (QED) is 0.634. The van der Waals surface area contributed by atoms with E-state index in [1.54, 1.807) is 6.92 Å². The fraction of sp³-hybridized carbons (Fsp3) is 0.533. The number of carbonyl (C=O) groups excluding carboxylic acids is 1. The Kier molecular flexibility index (Phi) is 4.13. The third-order valence-electron chi connectivity index (χ3n) is 4.01. The third-order valence-corrected chi connectivity index (χ3v) is 4.01. The zero-order valence-corrected chi connectivity index (χ0v) is 13.0. The molecule has 21 heavy (non-hydrogen) atoms. The van der Waals surface area contributed by atoms with E-state index in [0.29, 0.717) is 0 Å². The molecule has 1 aliphatic rings. The first kappa shape index (κ1) is 16.0. The summed E-state index contributed by atoms with van der Waals surface area (Å²) in [6.45, 7) is 9.54. The monoisotopic (exact) mass is 294 g/mol. The van der Waals surface area contributed by atoms with E-state index in [2.05, 4.69) is 0 Å². The molecule has 0 spiro atoms. The highest BCUT2D eigenvalue weighted by atomic mass is 19.1. The van der Waals surface area contributed by atoms with Crippen molar-refractivity contribution in [2.45, 2.75) is 45.8 Å². The summed E-state index contributed by atoms with van der Waals surface area (Å²) in [6, 6.07) is 4.05. The van der Waals surface area contributed by atoms with Crippen molar-refractivity contribution in [3.63, 3.8) is 0 Å². The third kappa shape index (κ3) is 2.96. The van der Waals surface area contributed by atoms with Crippen LogP contribution >= 0.6 is 0 Å². The predicted molar refractivity (Wildman–Crippen MR) is 78.1 cm³/mol. The van der Waals surface area contributed by atoms with Crippen molar-refractivity contribution in [3.05, 3.63) is 29.6 Å². The maximum atomic E-state index is 14.1. The lowest BCUT2D eigenvalue weighted by atomic mass is 9.78. The normalized spacial score (nSPS) is 19.6. The first-order valence-electron chi connectivity index (χ1n) is 7.00. The highest BCUT2D eigenvalue weighted by Gasteiger charge is 2.52. The molecule has 0 aromatic heterocycles. The van der Waals surface area contributed by atoms with Gasteiger partial charge in [-0.3, -0.25) is 0 Å². The van der Waals surface area contributed by atoms with Crippen LogP contribution in [0.3, 0.4) is 0 Å². The number of benzene rings is 1. The number of carbonyl (C=O) groups is 1. The van der Waals surface area contributed by atoms with Crippen molar-refractivity contribution < 1.29 is 23.2 Å². The lowest BCUT2D eigenvalue weighted by Gasteiger charge is -2.32. The Morgan fingerprint density at radius 2 is 1.81 bits per heavy atom. The van der Waals surface area contributed by atoms with Gasteiger partial charge in [0.15, 0.2) is 0 Å². The molecule has 1 aromatic carbocycles. The molecule has 1 heterocycles. The molecule has 114 valence electrons. The summed E-state index contributed by atoms with van der Waals surface area (Å²) in [5.74, 6) is -0.961. The van der Waals surface area contributed by atoms with E-state index < -0.39 is 30.1 Å². The molecule has 0 atom stereocenters. The Labute approximate surface area is 124 Å². The number of esters is 1. The van der Waals surface area contributed by atoms with Crippen LogP contribution in [0.5, 0.6) is 0 Å². The van der Waals surface area contributed by atoms with E-state index in [-0.39, 0.29) is 17.6 Å². The summed E-state index contributed by atoms with van der Waals surface area (Å²) in [5.41, 5.74) is -0.643. The number of hydrogen-bond donors (Lipinski definition) is 0. The molecule has 0 amide bonds. The Morgan fingerprint density at radius 3 is 2.33 bits per heavy atom. The van der Waals surface area contributed by atoms with Crippen LogP contribution in [0.2, 0.25) is 0 Å². The number of ether oxygens (including phenoxy) is 1. The highest BCUT2D eigenvalue weighted by Crippen LogP contribution is 2.36. The average molecular weight is 294 g/mol. The summed E-state index contributed by atoms with van der Waals surface area (Å²) in [5, 5.41) is 0. The fourth-order valence-electron chi connectivity index (χ4n) is 2.04. The average Bonchev–Trinajstić information content (AvgIpc) is 2.59. The zero-order chi connectivity index (χ0) is 15.8. The number of hydrogen-bond acceptors (Lipinski definition) is 4. The Balaban J connectivity index is 2.33. The van der Waals surface area contributed by atoms with E-state index in [9.17, 15) is 9.18 Å². The molecule has 1 aliphatic heterocycles. The second-order valence-corrected chi connectivity index (χ2v) is 6.05. The maximum Gasteiger partial charge on any atom is 0.497 e. The van der Waals surface area contributed by atoms with Crippen LogP contribution in [0, 0.1) is 5.82 Å². The minimum absolute atomic E-state index is 0.208. The lowest BCUT2D eigenvalue weighted by Crippen LogP contribution is -2.41. The van der Waals surface area contributed by atoms with Crippen LogP contribution in [0.25, 0.3) is 0 Å². The molecule has 6 heteroatoms. The van der Waals surface area contributed by atoms with Crippen molar-refractivity contribution in [1.82, 2.24) is 0 Å². The minimum atomic E-state index is -0.843. The van der Waals surface area contributed by atoms with Crippen LogP contribution in [-0.4, -0.2) is 30.9 Å². The van der Waals surface area contributed by atoms with Gasteiger partial charge in [-0.2, -0.15) is 0 Å². The standard InChI is InChI=1S/C15H20BFO4/c1-6-19-13(18)10-7-8-12(17)11(9-10)16-20-14(2,3)15(4,5)21-16/h7-9H,6H2,1-5H3. The molecule has 0 aliphatic carbocycles. The van der Waals surface area contributed by atoms with Gasteiger partial charge in [0, 0.05) is 5.46 Å². The Morgan fingerprint density at radius 1 is 1.24 bits per heavy atom. The lowest BCUT2D eigenvalue weighted by molar-refractivity contribution is 0.00578. The van der Waals surface area contributed by atoms with Gasteiger partial charge in [0.05, 0.1) is 23.4 Å². The molecule has 0 saturated carbocycles. The van der Waals surface area contributed by atoms with Gasteiger partial charge < -0.3 is 14.0 Å². The van der Waals surface area contributed by atoms with Crippen molar-refractivity contribution >= 4 is 18.6 Å². The van der Waals surface area contributed by atoms with E-state index in [4.69, 9.17) is 14.0 Å². The van der Waals surface area contributed by atoms with Crippen LogP contribution in [-0.2, 0) is 14.0 Å². The second-order valence-electron chi connectivity index (χ2n) is 6.05. The van der Waals surface area contributed by atoms with Crippen LogP contribution < -0.4 is 5.46 Å². The summed E-state index contributed by atoms with van der Waals surface area (Å²) in [6.07, 6.45) is 0. The molecule has 2 rings (SSSR count). The van der Waals surface area contributed by atoms with Gasteiger partial charge >= 0.3 is 13.1 Å². The van der Waals surface area contributed by atoms with Gasteiger partial charge in [-0.25, -0.2) is 9.18 Å². The Bertz CT molecular complexity index is 541. The summed E-state index contributed by atoms with van der Waals surface area (Å²) < 4.78 is 30.6. The van der Waals surface area contributed by atoms with Gasteiger partial charge in [-0.1, -0.05) is 0 Å². The first-order valence-corrected chi connectivity index (χ1v) is 7.00. The summed E-state index contributed by atoms with van der Waals surface area (Å²) in [7, 11) is -0.843. The van der Waals surface area contributed by atoms with Crippen LogP contribution in [0.1, 0.15) is 45.0 Å². The summed E-state index contributed by atoms with van der Waals surface area (Å²) >= 11 is 0. The van der Waals surface area contributed by atoms with Crippen molar-refractivity contribution in [2.75, 3.05) is 6.61 Å². The first-order chi connectivity index (χ1) is 9.68. The number of halogens is 1. The van der Waals surface area contributed by atoms with Gasteiger partial charge in [0.25, 0.3) is 0 Å². The number of rotatable bonds is 3. The smallest absolute Gasteiger partial charge is 0.462 e. The highest BCUT2D eigenvalue weighted by molar-refractivity contribution is 6.62. The van der Waals surface area contributed by atoms with Gasteiger partial charge in [0.1, 0.15) is 5.82 Å². The minimum Gasteiger partial charge on any atom is -0.462 e. The van der Waals surface area contributed by atoms with Crippen molar-refractivity contribution in [1.29, 1.82) is 0 Å². The topological polar surface area (TPSA) is 44.8 Å². The van der Waals surface area contributed by atoms with Gasteiger partial charge in [0.2, 0.25) is 0 Å². The molecule has 1 saturated heterocycles. The van der Waals surface area contributed by atoms with E-state index in [1.165, 1.54) is 18.2 Å². The second kappa shape index (κ2) is 5.42. The molecule has 4 nitrogen and oxygen atoms in total.